The highest BCUT2D eigenvalue weighted by Gasteiger charge is 2.22. The number of aromatic nitrogens is 2. The average molecular weight is 349 g/mol. The Bertz CT molecular complexity index is 681. The Labute approximate surface area is 129 Å². The van der Waals surface area contributed by atoms with Crippen LogP contribution in [0.4, 0.5) is 0 Å². The summed E-state index contributed by atoms with van der Waals surface area (Å²) in [5.74, 6) is -0.245. The average Bonchev–Trinajstić information content (AvgIpc) is 2.93. The lowest BCUT2D eigenvalue weighted by molar-refractivity contribution is -0.123. The minimum absolute atomic E-state index is 0.118. The molecule has 0 unspecified atom stereocenters. The van der Waals surface area contributed by atoms with Gasteiger partial charge in [0.2, 0.25) is 5.91 Å². The third kappa shape index (κ3) is 2.97. The fourth-order valence-corrected chi connectivity index (χ4v) is 2.48. The van der Waals surface area contributed by atoms with Crippen molar-refractivity contribution < 1.29 is 9.59 Å². The van der Waals surface area contributed by atoms with Gasteiger partial charge < -0.3 is 10.2 Å². The maximum Gasteiger partial charge on any atom is 0.254 e. The van der Waals surface area contributed by atoms with Gasteiger partial charge in [-0.25, -0.2) is 4.68 Å². The SMILES string of the molecule is O=C1CN(C(=O)c2ccc(-n3cc(Br)cn3)cc2)CCN1. The van der Waals surface area contributed by atoms with Gasteiger partial charge >= 0.3 is 0 Å². The second-order valence-corrected chi connectivity index (χ2v) is 5.64. The standard InChI is InChI=1S/C14H13BrN4O2/c15-11-7-17-19(8-11)12-3-1-10(2-4-12)14(21)18-6-5-16-13(20)9-18/h1-4,7-8H,5-6,9H2,(H,16,20). The first-order chi connectivity index (χ1) is 10.1. The van der Waals surface area contributed by atoms with E-state index in [0.717, 1.165) is 10.2 Å². The van der Waals surface area contributed by atoms with Crippen LogP contribution in [0.3, 0.4) is 0 Å². The molecule has 6 nitrogen and oxygen atoms in total. The lowest BCUT2D eigenvalue weighted by atomic mass is 10.1. The first-order valence-electron chi connectivity index (χ1n) is 6.50. The summed E-state index contributed by atoms with van der Waals surface area (Å²) in [7, 11) is 0. The van der Waals surface area contributed by atoms with E-state index in [1.807, 2.05) is 18.3 Å². The highest BCUT2D eigenvalue weighted by atomic mass is 79.9. The van der Waals surface area contributed by atoms with Crippen LogP contribution in [0.5, 0.6) is 0 Å². The Morgan fingerprint density at radius 1 is 1.29 bits per heavy atom. The van der Waals surface area contributed by atoms with E-state index in [0.29, 0.717) is 18.7 Å². The number of piperazine rings is 1. The molecule has 21 heavy (non-hydrogen) atoms. The van der Waals surface area contributed by atoms with Gasteiger partial charge in [-0.1, -0.05) is 0 Å². The van der Waals surface area contributed by atoms with Gasteiger partial charge in [-0.2, -0.15) is 5.10 Å². The number of halogens is 1. The van der Waals surface area contributed by atoms with Crippen molar-refractivity contribution in [2.24, 2.45) is 0 Å². The molecule has 2 amide bonds. The number of carbonyl (C=O) groups is 2. The van der Waals surface area contributed by atoms with Gasteiger partial charge in [0.1, 0.15) is 0 Å². The van der Waals surface area contributed by atoms with Crippen LogP contribution >= 0.6 is 15.9 Å². The summed E-state index contributed by atoms with van der Waals surface area (Å²) in [4.78, 5) is 25.2. The summed E-state index contributed by atoms with van der Waals surface area (Å²) in [6.07, 6.45) is 3.54. The zero-order chi connectivity index (χ0) is 14.8. The Morgan fingerprint density at radius 2 is 2.05 bits per heavy atom. The molecule has 1 fully saturated rings. The number of hydrogen-bond donors (Lipinski definition) is 1. The predicted molar refractivity (Wildman–Crippen MR) is 80.2 cm³/mol. The minimum atomic E-state index is -0.127. The van der Waals surface area contributed by atoms with E-state index in [9.17, 15) is 9.59 Å². The van der Waals surface area contributed by atoms with Crippen molar-refractivity contribution in [2.75, 3.05) is 19.6 Å². The van der Waals surface area contributed by atoms with Crippen molar-refractivity contribution in [1.82, 2.24) is 20.0 Å². The molecular weight excluding hydrogens is 336 g/mol. The summed E-state index contributed by atoms with van der Waals surface area (Å²) >= 11 is 3.34. The van der Waals surface area contributed by atoms with Crippen LogP contribution < -0.4 is 5.32 Å². The summed E-state index contributed by atoms with van der Waals surface area (Å²) in [6.45, 7) is 1.16. The van der Waals surface area contributed by atoms with Crippen molar-refractivity contribution >= 4 is 27.7 Å². The van der Waals surface area contributed by atoms with Crippen molar-refractivity contribution in [1.29, 1.82) is 0 Å². The lowest BCUT2D eigenvalue weighted by Gasteiger charge is -2.26. The van der Waals surface area contributed by atoms with E-state index in [4.69, 9.17) is 0 Å². The van der Waals surface area contributed by atoms with E-state index >= 15 is 0 Å². The van der Waals surface area contributed by atoms with Gasteiger partial charge in [-0.05, 0) is 40.2 Å². The van der Waals surface area contributed by atoms with Crippen molar-refractivity contribution in [2.45, 2.75) is 0 Å². The van der Waals surface area contributed by atoms with Crippen LogP contribution in [0.15, 0.2) is 41.1 Å². The van der Waals surface area contributed by atoms with E-state index in [1.54, 1.807) is 27.9 Å². The van der Waals surface area contributed by atoms with Gasteiger partial charge in [0.25, 0.3) is 5.91 Å². The molecule has 0 radical (unpaired) electrons. The Hall–Kier alpha value is -2.15. The molecule has 0 saturated carbocycles. The zero-order valence-corrected chi connectivity index (χ0v) is 12.7. The molecule has 3 rings (SSSR count). The van der Waals surface area contributed by atoms with Gasteiger partial charge in [-0.3, -0.25) is 9.59 Å². The third-order valence-electron chi connectivity index (χ3n) is 3.26. The van der Waals surface area contributed by atoms with Crippen LogP contribution in [0, 0.1) is 0 Å². The minimum Gasteiger partial charge on any atom is -0.353 e. The molecule has 0 aliphatic carbocycles. The highest BCUT2D eigenvalue weighted by Crippen LogP contribution is 2.14. The van der Waals surface area contributed by atoms with E-state index in [-0.39, 0.29) is 18.4 Å². The first kappa shape index (κ1) is 13.8. The molecule has 0 bridgehead atoms. The second-order valence-electron chi connectivity index (χ2n) is 4.73. The third-order valence-corrected chi connectivity index (χ3v) is 3.66. The highest BCUT2D eigenvalue weighted by molar-refractivity contribution is 9.10. The fourth-order valence-electron chi connectivity index (χ4n) is 2.19. The van der Waals surface area contributed by atoms with Crippen LogP contribution in [-0.4, -0.2) is 46.1 Å². The normalized spacial score (nSPS) is 14.9. The molecule has 2 aromatic rings. The number of nitrogens with zero attached hydrogens (tertiary/aromatic N) is 3. The van der Waals surface area contributed by atoms with E-state index in [1.165, 1.54) is 0 Å². The van der Waals surface area contributed by atoms with Crippen LogP contribution in [0.1, 0.15) is 10.4 Å². The van der Waals surface area contributed by atoms with Gasteiger partial charge in [0.15, 0.2) is 0 Å². The number of benzene rings is 1. The summed E-state index contributed by atoms with van der Waals surface area (Å²) < 4.78 is 2.61. The first-order valence-corrected chi connectivity index (χ1v) is 7.29. The number of hydrogen-bond acceptors (Lipinski definition) is 3. The fraction of sp³-hybridized carbons (Fsp3) is 0.214. The second kappa shape index (κ2) is 5.69. The molecule has 1 saturated heterocycles. The number of rotatable bonds is 2. The topological polar surface area (TPSA) is 67.2 Å². The molecule has 0 spiro atoms. The molecule has 0 atom stereocenters. The largest absolute Gasteiger partial charge is 0.353 e. The van der Waals surface area contributed by atoms with Crippen molar-refractivity contribution in [3.63, 3.8) is 0 Å². The number of carbonyl (C=O) groups excluding carboxylic acids is 2. The van der Waals surface area contributed by atoms with Crippen LogP contribution in [0.2, 0.25) is 0 Å². The molecule has 1 aromatic heterocycles. The Balaban J connectivity index is 1.77. The van der Waals surface area contributed by atoms with Gasteiger partial charge in [0, 0.05) is 24.8 Å². The number of nitrogens with one attached hydrogen (secondary N) is 1. The smallest absolute Gasteiger partial charge is 0.254 e. The molecule has 108 valence electrons. The zero-order valence-electron chi connectivity index (χ0n) is 11.1. The Morgan fingerprint density at radius 3 is 2.67 bits per heavy atom. The Kier molecular flexibility index (Phi) is 3.74. The quantitative estimate of drug-likeness (QED) is 0.886. The maximum atomic E-state index is 12.3. The van der Waals surface area contributed by atoms with Crippen molar-refractivity contribution in [3.8, 4) is 5.69 Å². The summed E-state index contributed by atoms with van der Waals surface area (Å²) in [6, 6.07) is 7.16. The number of amides is 2. The molecule has 1 N–H and O–H groups in total. The molecule has 1 aliphatic rings. The maximum absolute atomic E-state index is 12.3. The van der Waals surface area contributed by atoms with Crippen LogP contribution in [-0.2, 0) is 4.79 Å². The molecule has 1 aliphatic heterocycles. The monoisotopic (exact) mass is 348 g/mol. The molecule has 1 aromatic carbocycles. The molecular formula is C14H13BrN4O2. The molecule has 2 heterocycles. The lowest BCUT2D eigenvalue weighted by Crippen LogP contribution is -2.49. The molecule has 7 heteroatoms. The van der Waals surface area contributed by atoms with Gasteiger partial charge in [0.05, 0.1) is 22.9 Å². The predicted octanol–water partition coefficient (Wildman–Crippen LogP) is 1.21. The summed E-state index contributed by atoms with van der Waals surface area (Å²) in [5.41, 5.74) is 1.44. The van der Waals surface area contributed by atoms with Gasteiger partial charge in [-0.15, -0.1) is 0 Å². The van der Waals surface area contributed by atoms with E-state index < -0.39 is 0 Å². The van der Waals surface area contributed by atoms with E-state index in [2.05, 4.69) is 26.3 Å². The van der Waals surface area contributed by atoms with Crippen molar-refractivity contribution in [3.05, 3.63) is 46.7 Å². The van der Waals surface area contributed by atoms with Crippen LogP contribution in [0.25, 0.3) is 5.69 Å². The summed E-state index contributed by atoms with van der Waals surface area (Å²) in [5, 5.41) is 6.88.